The van der Waals surface area contributed by atoms with E-state index in [1.54, 1.807) is 6.07 Å². The van der Waals surface area contributed by atoms with E-state index in [0.29, 0.717) is 11.6 Å². The maximum Gasteiger partial charge on any atom is 0.352 e. The quantitative estimate of drug-likeness (QED) is 0.800. The average molecular weight is 210 g/mol. The highest BCUT2D eigenvalue weighted by Crippen LogP contribution is 2.27. The number of rotatable bonds is 2. The topological polar surface area (TPSA) is 66.0 Å². The first-order valence-electron chi connectivity index (χ1n) is 4.30. The number of hydrogen-bond acceptors (Lipinski definition) is 3. The second-order valence-corrected chi connectivity index (χ2v) is 4.47. The maximum absolute atomic E-state index is 10.6. The number of nitrogens with zero attached hydrogens (tertiary/aromatic N) is 1. The molecule has 0 aliphatic rings. The van der Waals surface area contributed by atoms with E-state index in [1.807, 2.05) is 0 Å². The van der Waals surface area contributed by atoms with Gasteiger partial charge in [-0.2, -0.15) is 0 Å². The van der Waals surface area contributed by atoms with Crippen LogP contribution in [-0.2, 0) is 0 Å². The van der Waals surface area contributed by atoms with Gasteiger partial charge in [0, 0.05) is 5.92 Å². The fourth-order valence-corrected chi connectivity index (χ4v) is 2.16. The zero-order chi connectivity index (χ0) is 10.3. The molecule has 0 aromatic carbocycles. The van der Waals surface area contributed by atoms with Crippen molar-refractivity contribution in [3.05, 3.63) is 16.8 Å². The molecule has 2 heterocycles. The molecule has 74 valence electrons. The standard InChI is InChI=1S/C9H10N2O2S/c1-4(2)8-11-7-6(14-8)3-5(10-7)9(12)13/h3-4,10H,1-2H3,(H,12,13). The summed E-state index contributed by atoms with van der Waals surface area (Å²) in [4.78, 5) is 17.7. The zero-order valence-electron chi connectivity index (χ0n) is 7.87. The normalized spacial score (nSPS) is 11.4. The molecule has 0 saturated carbocycles. The molecule has 0 amide bonds. The number of carboxylic acid groups (broad SMARTS) is 1. The Hall–Kier alpha value is -1.36. The molecule has 0 saturated heterocycles. The molecule has 0 radical (unpaired) electrons. The van der Waals surface area contributed by atoms with Gasteiger partial charge in [-0.1, -0.05) is 13.8 Å². The number of carbonyl (C=O) groups is 1. The Morgan fingerprint density at radius 1 is 1.64 bits per heavy atom. The summed E-state index contributed by atoms with van der Waals surface area (Å²) < 4.78 is 0.908. The maximum atomic E-state index is 10.6. The predicted molar refractivity (Wildman–Crippen MR) is 55.0 cm³/mol. The second kappa shape index (κ2) is 3.09. The van der Waals surface area contributed by atoms with E-state index in [0.717, 1.165) is 9.71 Å². The number of carboxylic acids is 1. The van der Waals surface area contributed by atoms with Crippen molar-refractivity contribution < 1.29 is 9.90 Å². The Balaban J connectivity index is 2.50. The molecular weight excluding hydrogens is 200 g/mol. The SMILES string of the molecule is CC(C)c1nc2[nH]c(C(=O)O)cc2s1. The van der Waals surface area contributed by atoms with Crippen LogP contribution in [-0.4, -0.2) is 21.0 Å². The van der Waals surface area contributed by atoms with Gasteiger partial charge in [-0.3, -0.25) is 0 Å². The van der Waals surface area contributed by atoms with E-state index >= 15 is 0 Å². The van der Waals surface area contributed by atoms with Crippen LogP contribution in [0.4, 0.5) is 0 Å². The third-order valence-electron chi connectivity index (χ3n) is 1.92. The van der Waals surface area contributed by atoms with Gasteiger partial charge in [0.15, 0.2) is 0 Å². The summed E-state index contributed by atoms with van der Waals surface area (Å²) in [6.45, 7) is 4.13. The number of aromatic nitrogens is 2. The van der Waals surface area contributed by atoms with Crippen molar-refractivity contribution in [1.82, 2.24) is 9.97 Å². The molecular formula is C9H10N2O2S. The monoisotopic (exact) mass is 210 g/mol. The third-order valence-corrected chi connectivity index (χ3v) is 3.23. The third kappa shape index (κ3) is 1.39. The number of thiazole rings is 1. The minimum Gasteiger partial charge on any atom is -0.477 e. The molecule has 0 bridgehead atoms. The second-order valence-electron chi connectivity index (χ2n) is 3.41. The van der Waals surface area contributed by atoms with E-state index in [1.165, 1.54) is 11.3 Å². The Morgan fingerprint density at radius 2 is 2.36 bits per heavy atom. The van der Waals surface area contributed by atoms with E-state index < -0.39 is 5.97 Å². The average Bonchev–Trinajstić information content (AvgIpc) is 2.57. The Morgan fingerprint density at radius 3 is 2.86 bits per heavy atom. The number of H-pyrrole nitrogens is 1. The van der Waals surface area contributed by atoms with Gasteiger partial charge in [0.2, 0.25) is 0 Å². The van der Waals surface area contributed by atoms with Crippen LogP contribution in [0, 0.1) is 0 Å². The van der Waals surface area contributed by atoms with Gasteiger partial charge in [0.25, 0.3) is 0 Å². The smallest absolute Gasteiger partial charge is 0.352 e. The molecule has 0 spiro atoms. The van der Waals surface area contributed by atoms with Crippen LogP contribution in [0.3, 0.4) is 0 Å². The largest absolute Gasteiger partial charge is 0.477 e. The van der Waals surface area contributed by atoms with Crippen molar-refractivity contribution in [2.75, 3.05) is 0 Å². The molecule has 4 nitrogen and oxygen atoms in total. The fraction of sp³-hybridized carbons (Fsp3) is 0.333. The molecule has 0 atom stereocenters. The van der Waals surface area contributed by atoms with Crippen molar-refractivity contribution in [2.24, 2.45) is 0 Å². The Labute approximate surface area is 84.6 Å². The molecule has 0 aliphatic heterocycles. The van der Waals surface area contributed by atoms with Crippen molar-refractivity contribution in [1.29, 1.82) is 0 Å². The lowest BCUT2D eigenvalue weighted by molar-refractivity contribution is 0.0691. The lowest BCUT2D eigenvalue weighted by atomic mass is 10.2. The van der Waals surface area contributed by atoms with Gasteiger partial charge in [-0.25, -0.2) is 9.78 Å². The van der Waals surface area contributed by atoms with Crippen LogP contribution in [0.5, 0.6) is 0 Å². The first kappa shape index (κ1) is 9.21. The van der Waals surface area contributed by atoms with Crippen LogP contribution < -0.4 is 0 Å². The molecule has 2 rings (SSSR count). The number of aromatic carboxylic acids is 1. The predicted octanol–water partition coefficient (Wildman–Crippen LogP) is 2.45. The number of fused-ring (bicyclic) bond motifs is 1. The highest BCUT2D eigenvalue weighted by Gasteiger charge is 2.12. The summed E-state index contributed by atoms with van der Waals surface area (Å²) in [6, 6.07) is 1.63. The first-order chi connectivity index (χ1) is 6.58. The van der Waals surface area contributed by atoms with Crippen molar-refractivity contribution in [2.45, 2.75) is 19.8 Å². The van der Waals surface area contributed by atoms with Gasteiger partial charge in [-0.05, 0) is 6.07 Å². The summed E-state index contributed by atoms with van der Waals surface area (Å²) >= 11 is 1.54. The summed E-state index contributed by atoms with van der Waals surface area (Å²) in [7, 11) is 0. The van der Waals surface area contributed by atoms with Crippen molar-refractivity contribution in [3.63, 3.8) is 0 Å². The van der Waals surface area contributed by atoms with Crippen LogP contribution in [0.1, 0.15) is 35.3 Å². The molecule has 0 unspecified atom stereocenters. The lowest BCUT2D eigenvalue weighted by Gasteiger charge is -1.95. The highest BCUT2D eigenvalue weighted by atomic mass is 32.1. The molecule has 2 aromatic rings. The molecule has 0 aliphatic carbocycles. The first-order valence-corrected chi connectivity index (χ1v) is 5.12. The zero-order valence-corrected chi connectivity index (χ0v) is 8.68. The Kier molecular flexibility index (Phi) is 2.03. The highest BCUT2D eigenvalue weighted by molar-refractivity contribution is 7.18. The fourth-order valence-electron chi connectivity index (χ4n) is 1.19. The van der Waals surface area contributed by atoms with Crippen LogP contribution in [0.2, 0.25) is 0 Å². The minimum atomic E-state index is -0.943. The van der Waals surface area contributed by atoms with Crippen LogP contribution >= 0.6 is 11.3 Å². The molecule has 2 N–H and O–H groups in total. The van der Waals surface area contributed by atoms with Gasteiger partial charge in [-0.15, -0.1) is 11.3 Å². The van der Waals surface area contributed by atoms with Crippen LogP contribution in [0.25, 0.3) is 10.3 Å². The number of aromatic amines is 1. The van der Waals surface area contributed by atoms with Crippen LogP contribution in [0.15, 0.2) is 6.07 Å². The minimum absolute atomic E-state index is 0.203. The van der Waals surface area contributed by atoms with E-state index in [4.69, 9.17) is 5.11 Å². The van der Waals surface area contributed by atoms with E-state index in [-0.39, 0.29) is 5.69 Å². The van der Waals surface area contributed by atoms with Gasteiger partial charge in [0.05, 0.1) is 9.71 Å². The van der Waals surface area contributed by atoms with Crippen molar-refractivity contribution >= 4 is 27.7 Å². The molecule has 0 fully saturated rings. The molecule has 5 heteroatoms. The van der Waals surface area contributed by atoms with Gasteiger partial charge in [0.1, 0.15) is 11.3 Å². The molecule has 14 heavy (non-hydrogen) atoms. The van der Waals surface area contributed by atoms with Gasteiger partial charge >= 0.3 is 5.97 Å². The van der Waals surface area contributed by atoms with Gasteiger partial charge < -0.3 is 10.1 Å². The summed E-state index contributed by atoms with van der Waals surface area (Å²) in [5, 5.41) is 9.76. The summed E-state index contributed by atoms with van der Waals surface area (Å²) in [5.74, 6) is -0.560. The number of hydrogen-bond donors (Lipinski definition) is 2. The summed E-state index contributed by atoms with van der Waals surface area (Å²) in [5.41, 5.74) is 0.880. The van der Waals surface area contributed by atoms with Crippen molar-refractivity contribution in [3.8, 4) is 0 Å². The lowest BCUT2D eigenvalue weighted by Crippen LogP contribution is -1.95. The number of nitrogens with one attached hydrogen (secondary N) is 1. The summed E-state index contributed by atoms with van der Waals surface area (Å²) in [6.07, 6.45) is 0. The van der Waals surface area contributed by atoms with E-state index in [9.17, 15) is 4.79 Å². The van der Waals surface area contributed by atoms with E-state index in [2.05, 4.69) is 23.8 Å². The molecule has 2 aromatic heterocycles. The Bertz CT molecular complexity index is 452.